The van der Waals surface area contributed by atoms with Gasteiger partial charge in [-0.25, -0.2) is 9.37 Å². The first-order chi connectivity index (χ1) is 13.0. The molecule has 1 aliphatic heterocycles. The summed E-state index contributed by atoms with van der Waals surface area (Å²) < 4.78 is 15.3. The van der Waals surface area contributed by atoms with Gasteiger partial charge in [0.25, 0.3) is 5.91 Å². The fraction of sp³-hybridized carbons (Fsp3) is 0.400. The maximum absolute atomic E-state index is 15.3. The van der Waals surface area contributed by atoms with E-state index in [4.69, 9.17) is 16.7 Å². The van der Waals surface area contributed by atoms with Crippen LogP contribution in [0.3, 0.4) is 0 Å². The van der Waals surface area contributed by atoms with E-state index in [9.17, 15) is 4.79 Å². The zero-order valence-corrected chi connectivity index (χ0v) is 15.8. The number of nitrogens with one attached hydrogen (secondary N) is 1. The Bertz CT molecular complexity index is 914. The number of hydrogen-bond donors (Lipinski definition) is 2. The second kappa shape index (κ2) is 6.77. The molecule has 4 rings (SSSR count). The van der Waals surface area contributed by atoms with Gasteiger partial charge in [-0.15, -0.1) is 0 Å². The van der Waals surface area contributed by atoms with Crippen molar-refractivity contribution in [3.8, 4) is 11.1 Å². The minimum Gasteiger partial charge on any atom is -0.395 e. The number of amides is 1. The highest BCUT2D eigenvalue weighted by Crippen LogP contribution is 2.57. The minimum atomic E-state index is -0.613. The monoisotopic (exact) mass is 389 g/mol. The van der Waals surface area contributed by atoms with Crippen molar-refractivity contribution in [3.05, 3.63) is 46.4 Å². The predicted molar refractivity (Wildman–Crippen MR) is 103 cm³/mol. The van der Waals surface area contributed by atoms with Crippen LogP contribution in [0.25, 0.3) is 11.1 Å². The zero-order valence-electron chi connectivity index (χ0n) is 15.1. The summed E-state index contributed by atoms with van der Waals surface area (Å²) in [4.78, 5) is 18.5. The van der Waals surface area contributed by atoms with Crippen LogP contribution in [0.15, 0.2) is 24.4 Å². The fourth-order valence-electron chi connectivity index (χ4n) is 3.81. The van der Waals surface area contributed by atoms with Crippen molar-refractivity contribution >= 4 is 23.3 Å². The summed E-state index contributed by atoms with van der Waals surface area (Å²) in [5.74, 6) is -0.288. The van der Waals surface area contributed by atoms with E-state index in [1.54, 1.807) is 25.3 Å². The van der Waals surface area contributed by atoms with Crippen LogP contribution in [-0.4, -0.2) is 47.1 Å². The summed E-state index contributed by atoms with van der Waals surface area (Å²) in [6.45, 7) is 2.98. The summed E-state index contributed by atoms with van der Waals surface area (Å²) in [6, 6.07) is 4.72. The summed E-state index contributed by atoms with van der Waals surface area (Å²) in [5, 5.41) is 12.9. The Morgan fingerprint density at radius 2 is 2.19 bits per heavy atom. The molecular formula is C20H21ClFN3O2. The fourth-order valence-corrected chi connectivity index (χ4v) is 4.25. The normalized spacial score (nSPS) is 16.1. The Morgan fingerprint density at radius 1 is 1.41 bits per heavy atom. The molecule has 27 heavy (non-hydrogen) atoms. The Kier molecular flexibility index (Phi) is 4.56. The molecule has 1 amide bonds. The van der Waals surface area contributed by atoms with Gasteiger partial charge in [0.1, 0.15) is 11.6 Å². The van der Waals surface area contributed by atoms with Crippen LogP contribution in [0.2, 0.25) is 5.02 Å². The predicted octanol–water partition coefficient (Wildman–Crippen LogP) is 3.45. The number of rotatable bonds is 5. The SMILES string of the molecule is CCN(CCO)C(=O)c1cccc(-c2cnc3c(c2Cl)C2(CC2)CN3)c1F. The van der Waals surface area contributed by atoms with Gasteiger partial charge in [-0.2, -0.15) is 0 Å². The van der Waals surface area contributed by atoms with Gasteiger partial charge >= 0.3 is 0 Å². The topological polar surface area (TPSA) is 65.5 Å². The number of likely N-dealkylation sites (N-methyl/N-ethyl adjacent to an activating group) is 1. The number of benzene rings is 1. The van der Waals surface area contributed by atoms with E-state index in [2.05, 4.69) is 10.3 Å². The van der Waals surface area contributed by atoms with Crippen molar-refractivity contribution in [2.45, 2.75) is 25.2 Å². The summed E-state index contributed by atoms with van der Waals surface area (Å²) in [5.41, 5.74) is 1.73. The second-order valence-corrected chi connectivity index (χ2v) is 7.50. The van der Waals surface area contributed by atoms with Crippen LogP contribution < -0.4 is 5.32 Å². The highest BCUT2D eigenvalue weighted by atomic mass is 35.5. The maximum atomic E-state index is 15.3. The number of carbonyl (C=O) groups excluding carboxylic acids is 1. The number of aliphatic hydroxyl groups excluding tert-OH is 1. The van der Waals surface area contributed by atoms with Crippen molar-refractivity contribution in [1.82, 2.24) is 9.88 Å². The van der Waals surface area contributed by atoms with Gasteiger partial charge in [0, 0.05) is 47.9 Å². The molecule has 0 unspecified atom stereocenters. The zero-order chi connectivity index (χ0) is 19.2. The molecule has 1 fully saturated rings. The van der Waals surface area contributed by atoms with Gasteiger partial charge in [0.05, 0.1) is 17.2 Å². The molecule has 2 aliphatic rings. The molecule has 1 aromatic carbocycles. The van der Waals surface area contributed by atoms with E-state index in [1.807, 2.05) is 0 Å². The lowest BCUT2D eigenvalue weighted by molar-refractivity contribution is 0.0727. The molecule has 0 radical (unpaired) electrons. The summed E-state index contributed by atoms with van der Waals surface area (Å²) in [7, 11) is 0. The average Bonchev–Trinajstić information content (AvgIpc) is 3.35. The standard InChI is InChI=1S/C20H21ClFN3O2/c1-2-25(8-9-26)19(27)13-5-3-4-12(17(13)22)14-10-23-18-15(16(14)21)20(6-7-20)11-24-18/h3-5,10,26H,2,6-9,11H2,1H3,(H,23,24). The molecule has 1 aromatic heterocycles. The summed E-state index contributed by atoms with van der Waals surface area (Å²) >= 11 is 6.68. The molecule has 2 N–H and O–H groups in total. The molecule has 1 saturated carbocycles. The molecule has 1 aliphatic carbocycles. The largest absolute Gasteiger partial charge is 0.395 e. The number of nitrogens with zero attached hydrogens (tertiary/aromatic N) is 2. The third-order valence-corrected chi connectivity index (χ3v) is 5.94. The maximum Gasteiger partial charge on any atom is 0.256 e. The van der Waals surface area contributed by atoms with Gasteiger partial charge in [-0.1, -0.05) is 23.7 Å². The van der Waals surface area contributed by atoms with Crippen LogP contribution in [-0.2, 0) is 5.41 Å². The van der Waals surface area contributed by atoms with Crippen LogP contribution in [0, 0.1) is 5.82 Å². The molecule has 1 spiro atoms. The number of halogens is 2. The van der Waals surface area contributed by atoms with E-state index >= 15 is 4.39 Å². The lowest BCUT2D eigenvalue weighted by Gasteiger charge is -2.21. The quantitative estimate of drug-likeness (QED) is 0.822. The molecule has 2 heterocycles. The van der Waals surface area contributed by atoms with Gasteiger partial charge in [-0.3, -0.25) is 4.79 Å². The van der Waals surface area contributed by atoms with Crippen molar-refractivity contribution in [1.29, 1.82) is 0 Å². The average molecular weight is 390 g/mol. The molecule has 0 saturated heterocycles. The van der Waals surface area contributed by atoms with E-state index in [0.29, 0.717) is 17.1 Å². The molecular weight excluding hydrogens is 369 g/mol. The second-order valence-electron chi connectivity index (χ2n) is 7.12. The van der Waals surface area contributed by atoms with Crippen molar-refractivity contribution in [2.75, 3.05) is 31.6 Å². The van der Waals surface area contributed by atoms with Crippen molar-refractivity contribution in [2.24, 2.45) is 0 Å². The number of hydrogen-bond acceptors (Lipinski definition) is 4. The first-order valence-corrected chi connectivity index (χ1v) is 9.52. The minimum absolute atomic E-state index is 0.0273. The lowest BCUT2D eigenvalue weighted by atomic mass is 9.95. The number of carbonyl (C=O) groups is 1. The Hall–Kier alpha value is -2.18. The number of anilines is 1. The first kappa shape index (κ1) is 18.2. The van der Waals surface area contributed by atoms with E-state index < -0.39 is 11.7 Å². The smallest absolute Gasteiger partial charge is 0.256 e. The molecule has 0 bridgehead atoms. The van der Waals surface area contributed by atoms with Crippen molar-refractivity contribution in [3.63, 3.8) is 0 Å². The molecule has 0 atom stereocenters. The molecule has 7 heteroatoms. The van der Waals surface area contributed by atoms with Gasteiger partial charge in [0.2, 0.25) is 0 Å². The van der Waals surface area contributed by atoms with Gasteiger partial charge < -0.3 is 15.3 Å². The van der Waals surface area contributed by atoms with Crippen molar-refractivity contribution < 1.29 is 14.3 Å². The number of pyridine rings is 1. The Labute approximate surface area is 162 Å². The number of aromatic nitrogens is 1. The van der Waals surface area contributed by atoms with Crippen LogP contribution in [0.5, 0.6) is 0 Å². The first-order valence-electron chi connectivity index (χ1n) is 9.14. The summed E-state index contributed by atoms with van der Waals surface area (Å²) in [6.07, 6.45) is 3.66. The van der Waals surface area contributed by atoms with E-state index in [1.165, 1.54) is 11.0 Å². The van der Waals surface area contributed by atoms with E-state index in [0.717, 1.165) is 30.8 Å². The highest BCUT2D eigenvalue weighted by Gasteiger charge is 2.51. The molecule has 5 nitrogen and oxygen atoms in total. The van der Waals surface area contributed by atoms with Gasteiger partial charge in [-0.05, 0) is 25.8 Å². The lowest BCUT2D eigenvalue weighted by Crippen LogP contribution is -2.33. The Balaban J connectivity index is 1.78. The highest BCUT2D eigenvalue weighted by molar-refractivity contribution is 6.34. The Morgan fingerprint density at radius 3 is 2.85 bits per heavy atom. The molecule has 2 aromatic rings. The molecule has 142 valence electrons. The van der Waals surface area contributed by atoms with Crippen LogP contribution >= 0.6 is 11.6 Å². The van der Waals surface area contributed by atoms with Gasteiger partial charge in [0.15, 0.2) is 0 Å². The third kappa shape index (κ3) is 2.87. The number of fused-ring (bicyclic) bond motifs is 2. The third-order valence-electron chi connectivity index (χ3n) is 5.55. The van der Waals surface area contributed by atoms with Crippen LogP contribution in [0.4, 0.5) is 10.2 Å². The number of aliphatic hydroxyl groups is 1. The van der Waals surface area contributed by atoms with Crippen LogP contribution in [0.1, 0.15) is 35.7 Å². The van der Waals surface area contributed by atoms with E-state index in [-0.39, 0.29) is 29.7 Å².